The maximum absolute atomic E-state index is 11.7. The molecule has 1 aromatic heterocycles. The number of furan rings is 1. The van der Waals surface area contributed by atoms with Gasteiger partial charge in [0.15, 0.2) is 5.37 Å². The Morgan fingerprint density at radius 2 is 1.96 bits per heavy atom. The summed E-state index contributed by atoms with van der Waals surface area (Å²) in [6, 6.07) is 5.40. The quantitative estimate of drug-likeness (QED) is 0.701. The number of anilines is 1. The molecule has 1 heterocycles. The van der Waals surface area contributed by atoms with Crippen LogP contribution in [0.1, 0.15) is 32.8 Å². The molecule has 1 atom stereocenters. The van der Waals surface area contributed by atoms with Gasteiger partial charge in [-0.05, 0) is 38.1 Å². The van der Waals surface area contributed by atoms with E-state index in [2.05, 4.69) is 5.32 Å². The Labute approximate surface area is 137 Å². The van der Waals surface area contributed by atoms with Crippen molar-refractivity contribution in [2.75, 3.05) is 5.32 Å². The zero-order valence-electron chi connectivity index (χ0n) is 12.2. The van der Waals surface area contributed by atoms with Gasteiger partial charge in [-0.1, -0.05) is 11.6 Å². The summed E-state index contributed by atoms with van der Waals surface area (Å²) in [6.45, 7) is 3.20. The summed E-state index contributed by atoms with van der Waals surface area (Å²) in [5.74, 6) is -0.447. The fraction of sp³-hybridized carbons (Fsp3) is 0.214. The number of halogens is 1. The third-order valence-corrected chi connectivity index (χ3v) is 4.45. The van der Waals surface area contributed by atoms with Crippen LogP contribution in [0.25, 0.3) is 0 Å². The second-order valence-corrected chi connectivity index (χ2v) is 6.82. The minimum atomic E-state index is -4.52. The van der Waals surface area contributed by atoms with E-state index in [1.165, 1.54) is 24.3 Å². The number of hydrogen-bond donors (Lipinski definition) is 3. The van der Waals surface area contributed by atoms with Gasteiger partial charge in [0.25, 0.3) is 10.1 Å². The van der Waals surface area contributed by atoms with Crippen LogP contribution in [0.2, 0.25) is 5.02 Å². The first kappa shape index (κ1) is 17.3. The molecule has 0 spiro atoms. The van der Waals surface area contributed by atoms with Crippen LogP contribution in [0, 0.1) is 13.8 Å². The van der Waals surface area contributed by atoms with Crippen LogP contribution < -0.4 is 5.32 Å². The Balaban J connectivity index is 2.46. The molecule has 0 bridgehead atoms. The van der Waals surface area contributed by atoms with E-state index in [0.29, 0.717) is 11.5 Å². The Morgan fingerprint density at radius 3 is 2.43 bits per heavy atom. The number of hydrogen-bond acceptors (Lipinski definition) is 5. The highest BCUT2D eigenvalue weighted by atomic mass is 35.5. The molecular formula is C14H14ClNO6S. The fourth-order valence-corrected chi connectivity index (χ4v) is 3.19. The first-order chi connectivity index (χ1) is 10.6. The van der Waals surface area contributed by atoms with E-state index in [9.17, 15) is 17.8 Å². The van der Waals surface area contributed by atoms with Crippen molar-refractivity contribution in [2.24, 2.45) is 0 Å². The van der Waals surface area contributed by atoms with Gasteiger partial charge in [-0.2, -0.15) is 8.42 Å². The monoisotopic (exact) mass is 359 g/mol. The molecule has 0 aliphatic rings. The molecule has 0 aliphatic carbocycles. The SMILES string of the molecule is Cc1cc(C(Nc2ccc(Cl)c(C(=O)O)c2)S(=O)(=O)O)c(C)o1. The number of nitrogens with one attached hydrogen (secondary N) is 1. The van der Waals surface area contributed by atoms with Gasteiger partial charge in [-0.15, -0.1) is 0 Å². The molecule has 1 unspecified atom stereocenters. The van der Waals surface area contributed by atoms with Crippen LogP contribution in [0.5, 0.6) is 0 Å². The van der Waals surface area contributed by atoms with E-state index in [4.69, 9.17) is 21.1 Å². The smallest absolute Gasteiger partial charge is 0.337 e. The van der Waals surface area contributed by atoms with Crippen molar-refractivity contribution >= 4 is 33.4 Å². The largest absolute Gasteiger partial charge is 0.478 e. The predicted molar refractivity (Wildman–Crippen MR) is 84.5 cm³/mol. The zero-order valence-corrected chi connectivity index (χ0v) is 13.8. The van der Waals surface area contributed by atoms with Gasteiger partial charge in [0.05, 0.1) is 10.6 Å². The summed E-state index contributed by atoms with van der Waals surface area (Å²) in [4.78, 5) is 11.1. The Kier molecular flexibility index (Phi) is 4.69. The highest BCUT2D eigenvalue weighted by molar-refractivity contribution is 7.86. The molecule has 0 radical (unpaired) electrons. The molecule has 0 fully saturated rings. The zero-order chi connectivity index (χ0) is 17.4. The summed E-state index contributed by atoms with van der Waals surface area (Å²) in [6.07, 6.45) is 0. The molecule has 9 heteroatoms. The molecule has 7 nitrogen and oxygen atoms in total. The lowest BCUT2D eigenvalue weighted by Gasteiger charge is -2.17. The number of rotatable bonds is 5. The standard InChI is InChI=1S/C14H14ClNO6S/c1-7-5-10(8(2)22-7)13(23(19,20)21)16-9-3-4-12(15)11(6-9)14(17)18/h3-6,13,16H,1-2H3,(H,17,18)(H,19,20,21). The molecule has 2 aromatic rings. The summed E-state index contributed by atoms with van der Waals surface area (Å²) in [5.41, 5.74) is 0.218. The maximum atomic E-state index is 11.7. The topological polar surface area (TPSA) is 117 Å². The first-order valence-corrected chi connectivity index (χ1v) is 8.30. The Hall–Kier alpha value is -2.03. The predicted octanol–water partition coefficient (Wildman–Crippen LogP) is 3.25. The van der Waals surface area contributed by atoms with Gasteiger partial charge in [-0.3, -0.25) is 4.55 Å². The lowest BCUT2D eigenvalue weighted by atomic mass is 10.2. The Morgan fingerprint density at radius 1 is 1.30 bits per heavy atom. The molecule has 0 aliphatic heterocycles. The molecule has 124 valence electrons. The van der Waals surface area contributed by atoms with E-state index in [-0.39, 0.29) is 21.8 Å². The fourth-order valence-electron chi connectivity index (χ4n) is 2.15. The summed E-state index contributed by atoms with van der Waals surface area (Å²) >= 11 is 5.77. The molecule has 23 heavy (non-hydrogen) atoms. The molecule has 0 saturated heterocycles. The van der Waals surface area contributed by atoms with Gasteiger partial charge < -0.3 is 14.8 Å². The van der Waals surface area contributed by atoms with Gasteiger partial charge >= 0.3 is 5.97 Å². The number of aryl methyl sites for hydroxylation is 2. The van der Waals surface area contributed by atoms with Crippen molar-refractivity contribution in [2.45, 2.75) is 19.2 Å². The second kappa shape index (κ2) is 6.23. The lowest BCUT2D eigenvalue weighted by Crippen LogP contribution is -2.21. The van der Waals surface area contributed by atoms with Gasteiger partial charge in [0.1, 0.15) is 11.5 Å². The summed E-state index contributed by atoms with van der Waals surface area (Å²) in [7, 11) is -4.52. The van der Waals surface area contributed by atoms with Crippen molar-refractivity contribution in [1.29, 1.82) is 0 Å². The van der Waals surface area contributed by atoms with Gasteiger partial charge in [0, 0.05) is 11.3 Å². The summed E-state index contributed by atoms with van der Waals surface area (Å²) in [5, 5.41) is 10.2. The number of carboxylic acids is 1. The normalized spacial score (nSPS) is 12.9. The van der Waals surface area contributed by atoms with Crippen molar-refractivity contribution < 1.29 is 27.3 Å². The van der Waals surface area contributed by atoms with Crippen molar-refractivity contribution in [3.63, 3.8) is 0 Å². The number of carboxylic acid groups (broad SMARTS) is 1. The molecular weight excluding hydrogens is 346 g/mol. The minimum Gasteiger partial charge on any atom is -0.478 e. The first-order valence-electron chi connectivity index (χ1n) is 6.42. The van der Waals surface area contributed by atoms with E-state index in [0.717, 1.165) is 0 Å². The van der Waals surface area contributed by atoms with E-state index >= 15 is 0 Å². The lowest BCUT2D eigenvalue weighted by molar-refractivity contribution is 0.0697. The van der Waals surface area contributed by atoms with Crippen LogP contribution in [0.15, 0.2) is 28.7 Å². The molecule has 0 saturated carbocycles. The van der Waals surface area contributed by atoms with Crippen LogP contribution >= 0.6 is 11.6 Å². The van der Waals surface area contributed by atoms with Crippen LogP contribution in [0.3, 0.4) is 0 Å². The van der Waals surface area contributed by atoms with Gasteiger partial charge in [-0.25, -0.2) is 4.79 Å². The average molecular weight is 360 g/mol. The molecule has 0 amide bonds. The van der Waals surface area contributed by atoms with E-state index < -0.39 is 21.5 Å². The van der Waals surface area contributed by atoms with Crippen molar-refractivity contribution in [1.82, 2.24) is 0 Å². The average Bonchev–Trinajstić information content (AvgIpc) is 2.74. The third-order valence-electron chi connectivity index (χ3n) is 3.15. The van der Waals surface area contributed by atoms with Crippen LogP contribution in [-0.4, -0.2) is 24.0 Å². The minimum absolute atomic E-state index is 0.0155. The van der Waals surface area contributed by atoms with Crippen LogP contribution in [-0.2, 0) is 10.1 Å². The van der Waals surface area contributed by atoms with Gasteiger partial charge in [0.2, 0.25) is 0 Å². The number of benzene rings is 1. The third kappa shape index (κ3) is 3.84. The Bertz CT molecular complexity index is 858. The van der Waals surface area contributed by atoms with Crippen LogP contribution in [0.4, 0.5) is 5.69 Å². The number of aromatic carboxylic acids is 1. The molecule has 1 aromatic carbocycles. The molecule has 3 N–H and O–H groups in total. The van der Waals surface area contributed by atoms with Crippen molar-refractivity contribution in [3.05, 3.63) is 51.9 Å². The maximum Gasteiger partial charge on any atom is 0.337 e. The highest BCUT2D eigenvalue weighted by Gasteiger charge is 2.29. The molecule has 2 rings (SSSR count). The second-order valence-electron chi connectivity index (χ2n) is 4.91. The summed E-state index contributed by atoms with van der Waals surface area (Å²) < 4.78 is 38.1. The van der Waals surface area contributed by atoms with E-state index in [1.807, 2.05) is 0 Å². The number of carbonyl (C=O) groups is 1. The highest BCUT2D eigenvalue weighted by Crippen LogP contribution is 2.30. The van der Waals surface area contributed by atoms with E-state index in [1.54, 1.807) is 13.8 Å². The van der Waals surface area contributed by atoms with Crippen molar-refractivity contribution in [3.8, 4) is 0 Å².